The van der Waals surface area contributed by atoms with E-state index in [1.807, 2.05) is 6.07 Å². The van der Waals surface area contributed by atoms with Gasteiger partial charge in [-0.25, -0.2) is 9.82 Å². The summed E-state index contributed by atoms with van der Waals surface area (Å²) in [6.45, 7) is 3.63. The second kappa shape index (κ2) is 9.47. The van der Waals surface area contributed by atoms with Gasteiger partial charge in [0.2, 0.25) is 0 Å². The zero-order valence-electron chi connectivity index (χ0n) is 13.6. The second-order valence-corrected chi connectivity index (χ2v) is 5.98. The molecule has 6 nitrogen and oxygen atoms in total. The van der Waals surface area contributed by atoms with E-state index in [2.05, 4.69) is 43.7 Å². The lowest BCUT2D eigenvalue weighted by atomic mass is 10.2. The number of amides is 2. The maximum atomic E-state index is 13.0. The highest BCUT2D eigenvalue weighted by Crippen LogP contribution is 2.23. The fourth-order valence-electron chi connectivity index (χ4n) is 1.90. The summed E-state index contributed by atoms with van der Waals surface area (Å²) in [5.74, 6) is -2.02. The first-order valence-electron chi connectivity index (χ1n) is 7.54. The van der Waals surface area contributed by atoms with Crippen molar-refractivity contribution >= 4 is 45.3 Å². The quantitative estimate of drug-likeness (QED) is 0.291. The minimum atomic E-state index is -0.883. The summed E-state index contributed by atoms with van der Waals surface area (Å²) in [5.41, 5.74) is 4.18. The number of benzene rings is 2. The number of carbonyl (C=O) groups excluding carboxylic acids is 2. The van der Waals surface area contributed by atoms with Crippen molar-refractivity contribution < 1.29 is 14.0 Å². The topological polar surface area (TPSA) is 82.6 Å². The van der Waals surface area contributed by atoms with Crippen molar-refractivity contribution in [3.8, 4) is 0 Å². The van der Waals surface area contributed by atoms with Crippen molar-refractivity contribution in [1.82, 2.24) is 10.7 Å². The van der Waals surface area contributed by atoms with Crippen LogP contribution >= 0.6 is 15.9 Å². The Morgan fingerprint density at radius 1 is 1.15 bits per heavy atom. The van der Waals surface area contributed by atoms with Crippen LogP contribution in [0.15, 0.2) is 64.7 Å². The van der Waals surface area contributed by atoms with E-state index in [1.54, 1.807) is 24.3 Å². The van der Waals surface area contributed by atoms with Crippen molar-refractivity contribution in [2.45, 2.75) is 0 Å². The van der Waals surface area contributed by atoms with Gasteiger partial charge >= 0.3 is 11.8 Å². The molecular weight excluding hydrogens is 403 g/mol. The Kier molecular flexibility index (Phi) is 7.04. The first-order valence-corrected chi connectivity index (χ1v) is 8.33. The van der Waals surface area contributed by atoms with E-state index in [1.165, 1.54) is 24.4 Å². The summed E-state index contributed by atoms with van der Waals surface area (Å²) in [4.78, 5) is 23.0. The summed E-state index contributed by atoms with van der Waals surface area (Å²) in [5, 5.41) is 9.28. The summed E-state index contributed by atoms with van der Waals surface area (Å²) in [6.07, 6.45) is 2.86. The minimum Gasteiger partial charge on any atom is -0.355 e. The highest BCUT2D eigenvalue weighted by molar-refractivity contribution is 9.10. The molecule has 0 radical (unpaired) electrons. The molecule has 0 saturated heterocycles. The molecule has 0 aliphatic carbocycles. The van der Waals surface area contributed by atoms with Crippen LogP contribution in [0.5, 0.6) is 0 Å². The largest absolute Gasteiger partial charge is 0.355 e. The highest BCUT2D eigenvalue weighted by atomic mass is 79.9. The van der Waals surface area contributed by atoms with Gasteiger partial charge in [-0.15, -0.1) is 6.58 Å². The predicted molar refractivity (Wildman–Crippen MR) is 103 cm³/mol. The summed E-state index contributed by atoms with van der Waals surface area (Å²) in [6, 6.07) is 11.3. The molecule has 0 unspecified atom stereocenters. The monoisotopic (exact) mass is 418 g/mol. The molecule has 26 heavy (non-hydrogen) atoms. The molecule has 0 heterocycles. The number of halogens is 2. The zero-order valence-corrected chi connectivity index (χ0v) is 15.2. The van der Waals surface area contributed by atoms with Crippen LogP contribution in [-0.2, 0) is 9.59 Å². The number of rotatable bonds is 6. The first kappa shape index (κ1) is 19.3. The normalized spacial score (nSPS) is 10.4. The minimum absolute atomic E-state index is 0.188. The Labute approximate surface area is 158 Å². The van der Waals surface area contributed by atoms with Crippen LogP contribution in [0.4, 0.5) is 15.8 Å². The maximum absolute atomic E-state index is 13.0. The van der Waals surface area contributed by atoms with Crippen LogP contribution in [0.2, 0.25) is 0 Å². The molecule has 2 amide bonds. The van der Waals surface area contributed by atoms with Crippen molar-refractivity contribution in [3.05, 3.63) is 71.0 Å². The SMILES string of the molecule is C=CCNC(=O)C(=O)N/N=C\c1cc(Br)ccc1Nc1ccc(F)cc1. The average Bonchev–Trinajstić information content (AvgIpc) is 2.63. The van der Waals surface area contributed by atoms with Crippen molar-refractivity contribution in [3.63, 3.8) is 0 Å². The van der Waals surface area contributed by atoms with E-state index in [0.717, 1.165) is 4.47 Å². The van der Waals surface area contributed by atoms with Crippen LogP contribution in [0.1, 0.15) is 5.56 Å². The Bertz CT molecular complexity index is 838. The summed E-state index contributed by atoms with van der Waals surface area (Å²) < 4.78 is 13.8. The van der Waals surface area contributed by atoms with E-state index >= 15 is 0 Å². The lowest BCUT2D eigenvalue weighted by Crippen LogP contribution is -2.37. The molecular formula is C18H16BrFN4O2. The van der Waals surface area contributed by atoms with E-state index in [4.69, 9.17) is 0 Å². The van der Waals surface area contributed by atoms with Gasteiger partial charge in [0, 0.05) is 28.0 Å². The number of hydrazone groups is 1. The number of carbonyl (C=O) groups is 2. The standard InChI is InChI=1S/C18H16BrFN4O2/c1-2-9-21-17(25)18(26)24-22-11-12-10-13(19)3-8-16(12)23-15-6-4-14(20)5-7-15/h2-8,10-11,23H,1,9H2,(H,21,25)(H,24,26)/b22-11-. The van der Waals surface area contributed by atoms with E-state index in [0.29, 0.717) is 16.9 Å². The van der Waals surface area contributed by atoms with Gasteiger partial charge < -0.3 is 10.6 Å². The Morgan fingerprint density at radius 2 is 1.88 bits per heavy atom. The molecule has 2 rings (SSSR count). The van der Waals surface area contributed by atoms with Crippen molar-refractivity contribution in [2.24, 2.45) is 5.10 Å². The van der Waals surface area contributed by atoms with E-state index in [-0.39, 0.29) is 12.4 Å². The van der Waals surface area contributed by atoms with Gasteiger partial charge in [0.25, 0.3) is 0 Å². The lowest BCUT2D eigenvalue weighted by Gasteiger charge is -2.10. The maximum Gasteiger partial charge on any atom is 0.329 e. The predicted octanol–water partition coefficient (Wildman–Crippen LogP) is 3.08. The third-order valence-electron chi connectivity index (χ3n) is 3.12. The molecule has 0 aliphatic heterocycles. The van der Waals surface area contributed by atoms with Crippen molar-refractivity contribution in [2.75, 3.05) is 11.9 Å². The fraction of sp³-hybridized carbons (Fsp3) is 0.0556. The molecule has 0 saturated carbocycles. The number of nitrogens with one attached hydrogen (secondary N) is 3. The van der Waals surface area contributed by atoms with Gasteiger partial charge in [0.1, 0.15) is 5.82 Å². The highest BCUT2D eigenvalue weighted by Gasteiger charge is 2.10. The van der Waals surface area contributed by atoms with Crippen molar-refractivity contribution in [1.29, 1.82) is 0 Å². The molecule has 2 aromatic rings. The van der Waals surface area contributed by atoms with Crippen LogP contribution in [-0.4, -0.2) is 24.6 Å². The fourth-order valence-corrected chi connectivity index (χ4v) is 2.28. The van der Waals surface area contributed by atoms with Gasteiger partial charge in [-0.1, -0.05) is 22.0 Å². The van der Waals surface area contributed by atoms with Gasteiger partial charge in [0.05, 0.1) is 6.21 Å². The van der Waals surface area contributed by atoms with Crippen LogP contribution in [0.3, 0.4) is 0 Å². The van der Waals surface area contributed by atoms with Gasteiger partial charge in [-0.05, 0) is 42.5 Å². The number of hydrogen-bond acceptors (Lipinski definition) is 4. The second-order valence-electron chi connectivity index (χ2n) is 5.06. The first-order chi connectivity index (χ1) is 12.5. The molecule has 0 bridgehead atoms. The average molecular weight is 419 g/mol. The molecule has 2 aromatic carbocycles. The number of hydrogen-bond donors (Lipinski definition) is 3. The zero-order chi connectivity index (χ0) is 18.9. The molecule has 0 fully saturated rings. The molecule has 0 spiro atoms. The molecule has 3 N–H and O–H groups in total. The number of anilines is 2. The van der Waals surface area contributed by atoms with Gasteiger partial charge in [0.15, 0.2) is 0 Å². The molecule has 134 valence electrons. The van der Waals surface area contributed by atoms with Gasteiger partial charge in [-0.2, -0.15) is 5.10 Å². The Morgan fingerprint density at radius 3 is 2.58 bits per heavy atom. The third kappa shape index (κ3) is 5.82. The summed E-state index contributed by atoms with van der Waals surface area (Å²) >= 11 is 3.36. The van der Waals surface area contributed by atoms with Gasteiger partial charge in [-0.3, -0.25) is 9.59 Å². The molecule has 0 aliphatic rings. The number of nitrogens with zero attached hydrogens (tertiary/aromatic N) is 1. The molecule has 0 atom stereocenters. The smallest absolute Gasteiger partial charge is 0.329 e. The molecule has 8 heteroatoms. The van der Waals surface area contributed by atoms with Crippen LogP contribution in [0, 0.1) is 5.82 Å². The summed E-state index contributed by atoms with van der Waals surface area (Å²) in [7, 11) is 0. The van der Waals surface area contributed by atoms with E-state index < -0.39 is 11.8 Å². The van der Waals surface area contributed by atoms with E-state index in [9.17, 15) is 14.0 Å². The Balaban J connectivity index is 2.09. The lowest BCUT2D eigenvalue weighted by molar-refractivity contribution is -0.139. The Hall–Kier alpha value is -3.00. The van der Waals surface area contributed by atoms with Crippen LogP contribution in [0.25, 0.3) is 0 Å². The van der Waals surface area contributed by atoms with Crippen LogP contribution < -0.4 is 16.1 Å². The molecule has 0 aromatic heterocycles. The third-order valence-corrected chi connectivity index (χ3v) is 3.61.